The first-order valence-electron chi connectivity index (χ1n) is 8.06. The Hall–Kier alpha value is -3.23. The van der Waals surface area contributed by atoms with Gasteiger partial charge in [0.2, 0.25) is 5.91 Å². The third-order valence-electron chi connectivity index (χ3n) is 3.61. The molecule has 0 unspecified atom stereocenters. The van der Waals surface area contributed by atoms with E-state index in [4.69, 9.17) is 5.11 Å². The quantitative estimate of drug-likeness (QED) is 0.639. The predicted octanol–water partition coefficient (Wildman–Crippen LogP) is 0.0398. The van der Waals surface area contributed by atoms with Crippen LogP contribution in [0.3, 0.4) is 0 Å². The van der Waals surface area contributed by atoms with Crippen LogP contribution in [0.25, 0.3) is 5.65 Å². The van der Waals surface area contributed by atoms with E-state index in [0.717, 1.165) is 6.20 Å². The Kier molecular flexibility index (Phi) is 6.05. The fraction of sp³-hybridized carbons (Fsp3) is 0.353. The number of pyridine rings is 1. The highest BCUT2D eigenvalue weighted by Crippen LogP contribution is 2.04. The molecule has 0 radical (unpaired) electrons. The minimum Gasteiger partial charge on any atom is -0.480 e. The van der Waals surface area contributed by atoms with Crippen molar-refractivity contribution in [2.45, 2.75) is 26.3 Å². The number of carbonyl (C=O) groups excluding carboxylic acids is 2. The Morgan fingerprint density at radius 1 is 1.27 bits per heavy atom. The molecule has 2 aromatic heterocycles. The van der Waals surface area contributed by atoms with Crippen molar-refractivity contribution in [1.82, 2.24) is 20.0 Å². The van der Waals surface area contributed by atoms with Gasteiger partial charge in [-0.25, -0.2) is 9.78 Å². The van der Waals surface area contributed by atoms with Crippen LogP contribution in [0.1, 0.15) is 30.6 Å². The van der Waals surface area contributed by atoms with Crippen LogP contribution in [0.5, 0.6) is 0 Å². The summed E-state index contributed by atoms with van der Waals surface area (Å²) in [5.74, 6) is -2.48. The summed E-state index contributed by atoms with van der Waals surface area (Å²) >= 11 is 0. The molecular formula is C17H20N4O5. The molecule has 0 aromatic carbocycles. The standard InChI is InChI=1S/C17H20N4O5/c1-10(2)7-12(17(25)26)20-14(22)9-19-15(23)11-8-18-13-5-3-4-6-21(13)16(11)24/h3-6,8,10,12H,7,9H2,1-2H3,(H,19,23)(H,20,22)(H,25,26)/t12-/m0/s1. The molecule has 138 valence electrons. The lowest BCUT2D eigenvalue weighted by Gasteiger charge is -2.16. The van der Waals surface area contributed by atoms with Gasteiger partial charge in [0.15, 0.2) is 0 Å². The molecule has 0 fully saturated rings. The molecule has 2 aromatic rings. The lowest BCUT2D eigenvalue weighted by molar-refractivity contribution is -0.142. The third-order valence-corrected chi connectivity index (χ3v) is 3.61. The smallest absolute Gasteiger partial charge is 0.326 e. The molecule has 0 aliphatic rings. The van der Waals surface area contributed by atoms with Crippen LogP contribution in [0.15, 0.2) is 35.4 Å². The lowest BCUT2D eigenvalue weighted by atomic mass is 10.0. The van der Waals surface area contributed by atoms with Crippen molar-refractivity contribution < 1.29 is 19.5 Å². The number of carbonyl (C=O) groups is 3. The number of hydrogen-bond donors (Lipinski definition) is 3. The van der Waals surface area contributed by atoms with Crippen LogP contribution >= 0.6 is 0 Å². The van der Waals surface area contributed by atoms with E-state index in [1.165, 1.54) is 10.6 Å². The molecule has 0 aliphatic carbocycles. The molecule has 9 nitrogen and oxygen atoms in total. The van der Waals surface area contributed by atoms with E-state index in [0.29, 0.717) is 5.65 Å². The molecular weight excluding hydrogens is 340 g/mol. The summed E-state index contributed by atoms with van der Waals surface area (Å²) in [7, 11) is 0. The van der Waals surface area contributed by atoms with Crippen molar-refractivity contribution in [3.05, 3.63) is 46.5 Å². The number of amides is 2. The molecule has 0 aliphatic heterocycles. The number of aromatic nitrogens is 2. The number of carboxylic acids is 1. The van der Waals surface area contributed by atoms with Gasteiger partial charge in [0, 0.05) is 12.4 Å². The van der Waals surface area contributed by atoms with E-state index < -0.39 is 35.9 Å². The average molecular weight is 360 g/mol. The van der Waals surface area contributed by atoms with E-state index >= 15 is 0 Å². The average Bonchev–Trinajstić information content (AvgIpc) is 2.59. The molecule has 0 bridgehead atoms. The van der Waals surface area contributed by atoms with Gasteiger partial charge in [-0.1, -0.05) is 19.9 Å². The number of nitrogens with zero attached hydrogens (tertiary/aromatic N) is 2. The van der Waals surface area contributed by atoms with Crippen LogP contribution in [0.4, 0.5) is 0 Å². The highest BCUT2D eigenvalue weighted by atomic mass is 16.4. The van der Waals surface area contributed by atoms with Crippen LogP contribution < -0.4 is 16.2 Å². The van der Waals surface area contributed by atoms with Crippen molar-refractivity contribution in [3.63, 3.8) is 0 Å². The normalized spacial score (nSPS) is 12.0. The Morgan fingerprint density at radius 3 is 2.65 bits per heavy atom. The van der Waals surface area contributed by atoms with E-state index in [2.05, 4.69) is 15.6 Å². The maximum absolute atomic E-state index is 12.3. The first-order chi connectivity index (χ1) is 12.3. The Labute approximate surface area is 149 Å². The molecule has 2 amide bonds. The summed E-state index contributed by atoms with van der Waals surface area (Å²) in [5, 5.41) is 13.8. The van der Waals surface area contributed by atoms with Crippen molar-refractivity contribution in [1.29, 1.82) is 0 Å². The second kappa shape index (κ2) is 8.24. The minimum atomic E-state index is -1.14. The van der Waals surface area contributed by atoms with Crippen molar-refractivity contribution >= 4 is 23.4 Å². The van der Waals surface area contributed by atoms with Gasteiger partial charge in [-0.15, -0.1) is 0 Å². The fourth-order valence-corrected chi connectivity index (χ4v) is 2.38. The number of hydrogen-bond acceptors (Lipinski definition) is 5. The molecule has 0 saturated heterocycles. The summed E-state index contributed by atoms with van der Waals surface area (Å²) in [6.45, 7) is 3.23. The van der Waals surface area contributed by atoms with Crippen LogP contribution in [-0.4, -0.2) is 44.9 Å². The first kappa shape index (κ1) is 19.1. The largest absolute Gasteiger partial charge is 0.480 e. The summed E-state index contributed by atoms with van der Waals surface area (Å²) in [6, 6.07) is 3.93. The number of fused-ring (bicyclic) bond motifs is 1. The second-order valence-corrected chi connectivity index (χ2v) is 6.18. The SMILES string of the molecule is CC(C)C[C@H](NC(=O)CNC(=O)c1cnc2ccccn2c1=O)C(=O)O. The van der Waals surface area contributed by atoms with Gasteiger partial charge >= 0.3 is 5.97 Å². The van der Waals surface area contributed by atoms with Gasteiger partial charge in [-0.3, -0.25) is 18.8 Å². The Balaban J connectivity index is 2.02. The first-order valence-corrected chi connectivity index (χ1v) is 8.06. The van der Waals surface area contributed by atoms with Gasteiger partial charge < -0.3 is 15.7 Å². The number of nitrogens with one attached hydrogen (secondary N) is 2. The van der Waals surface area contributed by atoms with E-state index in [9.17, 15) is 19.2 Å². The summed E-state index contributed by atoms with van der Waals surface area (Å²) in [5.41, 5.74) is -0.375. The number of aliphatic carboxylic acids is 1. The van der Waals surface area contributed by atoms with Gasteiger partial charge in [-0.2, -0.15) is 0 Å². The zero-order chi connectivity index (χ0) is 19.3. The maximum atomic E-state index is 12.3. The molecule has 26 heavy (non-hydrogen) atoms. The van der Waals surface area contributed by atoms with Crippen molar-refractivity contribution in [2.24, 2.45) is 5.92 Å². The molecule has 0 spiro atoms. The fourth-order valence-electron chi connectivity index (χ4n) is 2.38. The van der Waals surface area contributed by atoms with Crippen molar-refractivity contribution in [3.8, 4) is 0 Å². The number of rotatable bonds is 7. The molecule has 3 N–H and O–H groups in total. The molecule has 9 heteroatoms. The summed E-state index contributed by atoms with van der Waals surface area (Å²) in [6.07, 6.45) is 2.90. The third kappa shape index (κ3) is 4.65. The van der Waals surface area contributed by atoms with Gasteiger partial charge in [0.05, 0.1) is 6.54 Å². The zero-order valence-corrected chi connectivity index (χ0v) is 14.4. The molecule has 1 atom stereocenters. The van der Waals surface area contributed by atoms with Gasteiger partial charge in [-0.05, 0) is 24.5 Å². The van der Waals surface area contributed by atoms with Crippen LogP contribution in [0, 0.1) is 5.92 Å². The molecule has 2 heterocycles. The maximum Gasteiger partial charge on any atom is 0.326 e. The summed E-state index contributed by atoms with van der Waals surface area (Å²) < 4.78 is 1.22. The van der Waals surface area contributed by atoms with Gasteiger partial charge in [0.1, 0.15) is 17.3 Å². The molecule has 0 saturated carbocycles. The van der Waals surface area contributed by atoms with Gasteiger partial charge in [0.25, 0.3) is 11.5 Å². The topological polar surface area (TPSA) is 130 Å². The van der Waals surface area contributed by atoms with E-state index in [1.807, 2.05) is 13.8 Å². The monoisotopic (exact) mass is 360 g/mol. The molecule has 2 rings (SSSR count). The van der Waals surface area contributed by atoms with E-state index in [1.54, 1.807) is 18.2 Å². The Morgan fingerprint density at radius 2 is 2.00 bits per heavy atom. The second-order valence-electron chi connectivity index (χ2n) is 6.18. The minimum absolute atomic E-state index is 0.0784. The highest BCUT2D eigenvalue weighted by molar-refractivity contribution is 5.96. The lowest BCUT2D eigenvalue weighted by Crippen LogP contribution is -2.46. The highest BCUT2D eigenvalue weighted by Gasteiger charge is 2.21. The Bertz CT molecular complexity index is 890. The zero-order valence-electron chi connectivity index (χ0n) is 14.4. The predicted molar refractivity (Wildman–Crippen MR) is 92.8 cm³/mol. The number of carboxylic acid groups (broad SMARTS) is 1. The van der Waals surface area contributed by atoms with Crippen LogP contribution in [-0.2, 0) is 9.59 Å². The van der Waals surface area contributed by atoms with E-state index in [-0.39, 0.29) is 17.9 Å². The summed E-state index contributed by atoms with van der Waals surface area (Å²) in [4.78, 5) is 51.5. The van der Waals surface area contributed by atoms with Crippen LogP contribution in [0.2, 0.25) is 0 Å². The van der Waals surface area contributed by atoms with Crippen molar-refractivity contribution in [2.75, 3.05) is 6.54 Å².